The highest BCUT2D eigenvalue weighted by atomic mass is 35.5. The molecule has 31 heavy (non-hydrogen) atoms. The van der Waals surface area contributed by atoms with Gasteiger partial charge in [0.25, 0.3) is 0 Å². The van der Waals surface area contributed by atoms with Crippen LogP contribution in [0.4, 0.5) is 0 Å². The Balaban J connectivity index is 1.64. The first-order valence-electron chi connectivity index (χ1n) is 10.6. The second kappa shape index (κ2) is 9.35. The first kappa shape index (κ1) is 21.1. The molecular formula is C24H25ClN4O2. The van der Waals surface area contributed by atoms with E-state index >= 15 is 0 Å². The molecule has 7 heteroatoms. The lowest BCUT2D eigenvalue weighted by atomic mass is 10.1. The normalized spacial score (nSPS) is 11.2. The predicted octanol–water partition coefficient (Wildman–Crippen LogP) is 5.44. The molecule has 4 rings (SSSR count). The third kappa shape index (κ3) is 4.64. The van der Waals surface area contributed by atoms with Crippen molar-refractivity contribution < 1.29 is 9.53 Å². The SMILES string of the molecule is CCCCc1nc(Cl)cn1Cc1ccc2nn(-c3ccccc3C(=O)OCC)cc2c1. The third-order valence-corrected chi connectivity index (χ3v) is 5.33. The van der Waals surface area contributed by atoms with Gasteiger partial charge in [0.2, 0.25) is 0 Å². The number of rotatable bonds is 8. The number of halogens is 1. The predicted molar refractivity (Wildman–Crippen MR) is 122 cm³/mol. The molecule has 0 saturated carbocycles. The summed E-state index contributed by atoms with van der Waals surface area (Å²) in [5.41, 5.74) is 3.18. The van der Waals surface area contributed by atoms with Crippen LogP contribution in [0.25, 0.3) is 16.6 Å². The fraction of sp³-hybridized carbons (Fsp3) is 0.292. The van der Waals surface area contributed by atoms with E-state index in [0.29, 0.717) is 29.6 Å². The summed E-state index contributed by atoms with van der Waals surface area (Å²) in [7, 11) is 0. The highest BCUT2D eigenvalue weighted by molar-refractivity contribution is 6.29. The van der Waals surface area contributed by atoms with Gasteiger partial charge in [0.15, 0.2) is 0 Å². The Morgan fingerprint density at radius 1 is 1.13 bits per heavy atom. The minimum atomic E-state index is -0.352. The lowest BCUT2D eigenvalue weighted by Gasteiger charge is -2.08. The van der Waals surface area contributed by atoms with Crippen molar-refractivity contribution in [1.82, 2.24) is 19.3 Å². The molecule has 2 aromatic carbocycles. The van der Waals surface area contributed by atoms with E-state index < -0.39 is 0 Å². The number of esters is 1. The van der Waals surface area contributed by atoms with Crippen LogP contribution in [0.2, 0.25) is 5.15 Å². The minimum absolute atomic E-state index is 0.329. The van der Waals surface area contributed by atoms with Crippen LogP contribution in [0.15, 0.2) is 54.9 Å². The summed E-state index contributed by atoms with van der Waals surface area (Å²) < 4.78 is 9.04. The van der Waals surface area contributed by atoms with E-state index in [1.807, 2.05) is 36.7 Å². The third-order valence-electron chi connectivity index (χ3n) is 5.15. The standard InChI is InChI=1S/C24H25ClN4O2/c1-3-5-10-23-26-22(25)16-28(23)14-17-11-12-20-18(13-17)15-29(27-20)21-9-7-6-8-19(21)24(30)31-4-2/h6-9,11-13,15-16H,3-5,10,14H2,1-2H3. The number of para-hydroxylation sites is 1. The molecule has 0 amide bonds. The molecule has 2 aromatic heterocycles. The monoisotopic (exact) mass is 436 g/mol. The van der Waals surface area contributed by atoms with E-state index in [2.05, 4.69) is 33.7 Å². The van der Waals surface area contributed by atoms with Gasteiger partial charge in [-0.05, 0) is 43.2 Å². The molecule has 0 aliphatic heterocycles. The Labute approximate surface area is 186 Å². The van der Waals surface area contributed by atoms with Crippen molar-refractivity contribution in [2.75, 3.05) is 6.61 Å². The Morgan fingerprint density at radius 3 is 2.77 bits per heavy atom. The van der Waals surface area contributed by atoms with Gasteiger partial charge in [0.05, 0.1) is 23.4 Å². The summed E-state index contributed by atoms with van der Waals surface area (Å²) in [5, 5.41) is 6.19. The topological polar surface area (TPSA) is 61.9 Å². The Morgan fingerprint density at radius 2 is 1.97 bits per heavy atom. The molecule has 6 nitrogen and oxygen atoms in total. The van der Waals surface area contributed by atoms with Crippen molar-refractivity contribution in [2.24, 2.45) is 0 Å². The number of ether oxygens (including phenoxy) is 1. The lowest BCUT2D eigenvalue weighted by molar-refractivity contribution is 0.0526. The molecule has 0 saturated heterocycles. The van der Waals surface area contributed by atoms with Crippen LogP contribution < -0.4 is 0 Å². The van der Waals surface area contributed by atoms with E-state index in [1.165, 1.54) is 0 Å². The van der Waals surface area contributed by atoms with Crippen LogP contribution in [0.3, 0.4) is 0 Å². The fourth-order valence-electron chi connectivity index (χ4n) is 3.64. The molecule has 0 radical (unpaired) electrons. The van der Waals surface area contributed by atoms with Gasteiger partial charge in [-0.15, -0.1) is 0 Å². The molecule has 0 fully saturated rings. The molecular weight excluding hydrogens is 412 g/mol. The van der Waals surface area contributed by atoms with Gasteiger partial charge in [-0.2, -0.15) is 5.10 Å². The average molecular weight is 437 g/mol. The molecule has 0 spiro atoms. The summed E-state index contributed by atoms with van der Waals surface area (Å²) in [6.45, 7) is 4.99. The largest absolute Gasteiger partial charge is 0.462 e. The van der Waals surface area contributed by atoms with Crippen molar-refractivity contribution >= 4 is 28.5 Å². The molecule has 2 heterocycles. The van der Waals surface area contributed by atoms with Crippen molar-refractivity contribution in [1.29, 1.82) is 0 Å². The molecule has 0 bridgehead atoms. The molecule has 0 unspecified atom stereocenters. The fourth-order valence-corrected chi connectivity index (χ4v) is 3.85. The van der Waals surface area contributed by atoms with E-state index in [1.54, 1.807) is 17.7 Å². The quantitative estimate of drug-likeness (QED) is 0.345. The van der Waals surface area contributed by atoms with Gasteiger partial charge in [-0.3, -0.25) is 0 Å². The number of hydrogen-bond donors (Lipinski definition) is 0. The zero-order chi connectivity index (χ0) is 21.8. The smallest absolute Gasteiger partial charge is 0.340 e. The maximum Gasteiger partial charge on any atom is 0.340 e. The number of imidazole rings is 1. The van der Waals surface area contributed by atoms with E-state index in [-0.39, 0.29) is 5.97 Å². The number of carbonyl (C=O) groups is 1. The number of aromatic nitrogens is 4. The number of unbranched alkanes of at least 4 members (excludes halogenated alkanes) is 1. The van der Waals surface area contributed by atoms with Gasteiger partial charge in [0.1, 0.15) is 11.0 Å². The minimum Gasteiger partial charge on any atom is -0.462 e. The summed E-state index contributed by atoms with van der Waals surface area (Å²) in [4.78, 5) is 16.8. The summed E-state index contributed by atoms with van der Waals surface area (Å²) >= 11 is 6.16. The van der Waals surface area contributed by atoms with Crippen LogP contribution in [0.1, 0.15) is 48.4 Å². The van der Waals surface area contributed by atoms with E-state index in [9.17, 15) is 4.79 Å². The number of nitrogens with zero attached hydrogens (tertiary/aromatic N) is 4. The second-order valence-corrected chi connectivity index (χ2v) is 7.80. The van der Waals surface area contributed by atoms with Gasteiger partial charge >= 0.3 is 5.97 Å². The molecule has 0 aliphatic carbocycles. The average Bonchev–Trinajstić information content (AvgIpc) is 3.35. The first-order chi connectivity index (χ1) is 15.1. The van der Waals surface area contributed by atoms with Gasteiger partial charge in [-0.25, -0.2) is 14.5 Å². The molecule has 0 atom stereocenters. The Kier molecular flexibility index (Phi) is 6.37. The van der Waals surface area contributed by atoms with Crippen LogP contribution in [-0.2, 0) is 17.7 Å². The highest BCUT2D eigenvalue weighted by Crippen LogP contribution is 2.22. The van der Waals surface area contributed by atoms with Crippen molar-refractivity contribution in [3.05, 3.63) is 77.0 Å². The van der Waals surface area contributed by atoms with Gasteiger partial charge < -0.3 is 9.30 Å². The number of aryl methyl sites for hydroxylation is 1. The van der Waals surface area contributed by atoms with E-state index in [0.717, 1.165) is 41.6 Å². The zero-order valence-electron chi connectivity index (χ0n) is 17.7. The Hall–Kier alpha value is -3.12. The number of hydrogen-bond acceptors (Lipinski definition) is 4. The number of carbonyl (C=O) groups excluding carboxylic acids is 1. The van der Waals surface area contributed by atoms with Crippen LogP contribution in [0, 0.1) is 0 Å². The van der Waals surface area contributed by atoms with Gasteiger partial charge in [0, 0.05) is 30.7 Å². The lowest BCUT2D eigenvalue weighted by Crippen LogP contribution is -2.09. The maximum absolute atomic E-state index is 12.3. The van der Waals surface area contributed by atoms with Crippen molar-refractivity contribution in [2.45, 2.75) is 39.7 Å². The van der Waals surface area contributed by atoms with Crippen LogP contribution in [0.5, 0.6) is 0 Å². The number of fused-ring (bicyclic) bond motifs is 1. The summed E-state index contributed by atoms with van der Waals surface area (Å²) in [6.07, 6.45) is 6.93. The van der Waals surface area contributed by atoms with Crippen LogP contribution in [-0.4, -0.2) is 31.9 Å². The zero-order valence-corrected chi connectivity index (χ0v) is 18.5. The molecule has 4 aromatic rings. The second-order valence-electron chi connectivity index (χ2n) is 7.42. The molecule has 0 N–H and O–H groups in total. The van der Waals surface area contributed by atoms with Crippen molar-refractivity contribution in [3.8, 4) is 5.69 Å². The summed E-state index contributed by atoms with van der Waals surface area (Å²) in [6, 6.07) is 13.5. The van der Waals surface area contributed by atoms with Gasteiger partial charge in [-0.1, -0.05) is 43.1 Å². The highest BCUT2D eigenvalue weighted by Gasteiger charge is 2.15. The van der Waals surface area contributed by atoms with Crippen molar-refractivity contribution in [3.63, 3.8) is 0 Å². The first-order valence-corrected chi connectivity index (χ1v) is 10.9. The van der Waals surface area contributed by atoms with Crippen LogP contribution >= 0.6 is 11.6 Å². The molecule has 160 valence electrons. The number of benzene rings is 2. The molecule has 0 aliphatic rings. The maximum atomic E-state index is 12.3. The Bertz CT molecular complexity index is 1210. The van der Waals surface area contributed by atoms with E-state index in [4.69, 9.17) is 16.3 Å². The summed E-state index contributed by atoms with van der Waals surface area (Å²) in [5.74, 6) is 0.654.